The normalized spacial score (nSPS) is 17.0. The molecule has 0 saturated heterocycles. The molecule has 8 nitrogen and oxygen atoms in total. The number of aliphatic carboxylic acids is 1. The molecule has 0 aliphatic carbocycles. The first kappa shape index (κ1) is 25.6. The first-order chi connectivity index (χ1) is 17.7. The van der Waals surface area contributed by atoms with Gasteiger partial charge in [-0.05, 0) is 55.2 Å². The second-order valence-corrected chi connectivity index (χ2v) is 9.36. The summed E-state index contributed by atoms with van der Waals surface area (Å²) < 4.78 is 0. The Kier molecular flexibility index (Phi) is 7.67. The molecule has 0 bridgehead atoms. The maximum atomic E-state index is 13.7. The molecule has 0 radical (unpaired) electrons. The van der Waals surface area contributed by atoms with Gasteiger partial charge >= 0.3 is 5.97 Å². The van der Waals surface area contributed by atoms with E-state index in [9.17, 15) is 19.5 Å². The Hall–Kier alpha value is -4.46. The van der Waals surface area contributed by atoms with Gasteiger partial charge in [0.05, 0.1) is 6.42 Å². The first-order valence-corrected chi connectivity index (χ1v) is 12.2. The van der Waals surface area contributed by atoms with Crippen molar-refractivity contribution in [3.63, 3.8) is 0 Å². The van der Waals surface area contributed by atoms with E-state index >= 15 is 0 Å². The molecule has 0 saturated carbocycles. The number of fused-ring (bicyclic) bond motifs is 1. The summed E-state index contributed by atoms with van der Waals surface area (Å²) in [5, 5.41) is 19.8. The van der Waals surface area contributed by atoms with Gasteiger partial charge in [0, 0.05) is 47.1 Å². The number of benzene rings is 3. The molecule has 5 N–H and O–H groups in total. The number of amidine groups is 1. The molecule has 0 fully saturated rings. The lowest BCUT2D eigenvalue weighted by molar-refractivity contribution is -0.137. The zero-order chi connectivity index (χ0) is 26.5. The van der Waals surface area contributed by atoms with Crippen molar-refractivity contribution in [1.82, 2.24) is 0 Å². The quantitative estimate of drug-likeness (QED) is 0.269. The number of carboxylic acids is 1. The number of aryl methyl sites for hydroxylation is 1. The number of carboxylic acid groups (broad SMARTS) is 1. The third-order valence-electron chi connectivity index (χ3n) is 6.87. The summed E-state index contributed by atoms with van der Waals surface area (Å²) in [6, 6.07) is 21.1. The standard InChI is InChI=1S/C29H30N4O4/c1-33-23(17-26(34)35)15-21(8-7-18-5-3-2-4-6-18)27(36)24-16-22(13-14-25(24)33)32-29(37)20-11-9-19(10-12-20)28(30)31/h2-6,9-14,16,21,23H,7-8,15,17H2,1H3,(H3,30,31)(H,32,37)(H,34,35). The zero-order valence-electron chi connectivity index (χ0n) is 20.6. The summed E-state index contributed by atoms with van der Waals surface area (Å²) in [7, 11) is 1.81. The second kappa shape index (κ2) is 11.1. The lowest BCUT2D eigenvalue weighted by Crippen LogP contribution is -2.34. The van der Waals surface area contributed by atoms with E-state index in [1.807, 2.05) is 42.3 Å². The largest absolute Gasteiger partial charge is 0.481 e. The maximum absolute atomic E-state index is 13.7. The van der Waals surface area contributed by atoms with Gasteiger partial charge in [-0.25, -0.2) is 0 Å². The number of nitrogens with one attached hydrogen (secondary N) is 2. The van der Waals surface area contributed by atoms with Crippen molar-refractivity contribution in [2.75, 3.05) is 17.3 Å². The third-order valence-corrected chi connectivity index (χ3v) is 6.87. The molecule has 0 aromatic heterocycles. The van der Waals surface area contributed by atoms with E-state index in [2.05, 4.69) is 5.32 Å². The predicted molar refractivity (Wildman–Crippen MR) is 143 cm³/mol. The van der Waals surface area contributed by atoms with Crippen LogP contribution >= 0.6 is 0 Å². The van der Waals surface area contributed by atoms with Crippen LogP contribution in [0, 0.1) is 11.3 Å². The third kappa shape index (κ3) is 6.03. The number of rotatable bonds is 8. The minimum atomic E-state index is -0.908. The molecule has 37 heavy (non-hydrogen) atoms. The Morgan fingerprint density at radius 2 is 1.73 bits per heavy atom. The van der Waals surface area contributed by atoms with Crippen LogP contribution in [0.15, 0.2) is 72.8 Å². The molecule has 2 atom stereocenters. The van der Waals surface area contributed by atoms with Crippen LogP contribution in [-0.2, 0) is 11.2 Å². The molecular formula is C29H30N4O4. The number of nitrogens with two attached hydrogens (primary N) is 1. The molecule has 8 heteroatoms. The van der Waals surface area contributed by atoms with E-state index in [-0.39, 0.29) is 35.9 Å². The number of nitrogen functional groups attached to an aromatic ring is 1. The van der Waals surface area contributed by atoms with Crippen LogP contribution in [0.4, 0.5) is 11.4 Å². The minimum Gasteiger partial charge on any atom is -0.481 e. The molecule has 1 aliphatic rings. The number of Topliss-reactive ketones (excluding diaryl/α,β-unsaturated/α-hetero) is 1. The fourth-order valence-corrected chi connectivity index (χ4v) is 4.79. The van der Waals surface area contributed by atoms with Crippen LogP contribution in [0.3, 0.4) is 0 Å². The highest BCUT2D eigenvalue weighted by molar-refractivity contribution is 6.08. The molecule has 1 heterocycles. The summed E-state index contributed by atoms with van der Waals surface area (Å²) in [6.45, 7) is 0. The summed E-state index contributed by atoms with van der Waals surface area (Å²) in [5.74, 6) is -1.74. The van der Waals surface area contributed by atoms with Crippen molar-refractivity contribution in [3.05, 3.63) is 95.1 Å². The molecule has 1 amide bonds. The van der Waals surface area contributed by atoms with Gasteiger partial charge in [-0.2, -0.15) is 0 Å². The second-order valence-electron chi connectivity index (χ2n) is 9.36. The van der Waals surface area contributed by atoms with Crippen molar-refractivity contribution >= 4 is 34.9 Å². The Bertz CT molecular complexity index is 1320. The Labute approximate surface area is 215 Å². The lowest BCUT2D eigenvalue weighted by Gasteiger charge is -2.28. The van der Waals surface area contributed by atoms with Crippen LogP contribution in [0.25, 0.3) is 0 Å². The molecular weight excluding hydrogens is 468 g/mol. The number of hydrogen-bond acceptors (Lipinski definition) is 5. The van der Waals surface area contributed by atoms with Crippen molar-refractivity contribution in [2.24, 2.45) is 11.7 Å². The lowest BCUT2D eigenvalue weighted by atomic mass is 9.87. The van der Waals surface area contributed by atoms with E-state index in [1.165, 1.54) is 0 Å². The summed E-state index contributed by atoms with van der Waals surface area (Å²) in [5.41, 5.74) is 9.12. The van der Waals surface area contributed by atoms with Gasteiger partial charge in [-0.1, -0.05) is 42.5 Å². The molecule has 0 spiro atoms. The highest BCUT2D eigenvalue weighted by Crippen LogP contribution is 2.36. The fraction of sp³-hybridized carbons (Fsp3) is 0.241. The summed E-state index contributed by atoms with van der Waals surface area (Å²) in [6.07, 6.45) is 1.68. The molecule has 3 aromatic carbocycles. The topological polar surface area (TPSA) is 137 Å². The van der Waals surface area contributed by atoms with E-state index in [0.717, 1.165) is 5.56 Å². The summed E-state index contributed by atoms with van der Waals surface area (Å²) >= 11 is 0. The van der Waals surface area contributed by atoms with Crippen LogP contribution in [0.2, 0.25) is 0 Å². The van der Waals surface area contributed by atoms with Gasteiger partial charge in [-0.3, -0.25) is 19.8 Å². The van der Waals surface area contributed by atoms with Crippen LogP contribution in [-0.4, -0.2) is 41.7 Å². The Balaban J connectivity index is 1.60. The highest BCUT2D eigenvalue weighted by Gasteiger charge is 2.34. The number of carbonyl (C=O) groups is 3. The number of amides is 1. The number of anilines is 2. The van der Waals surface area contributed by atoms with Gasteiger partial charge in [-0.15, -0.1) is 0 Å². The Morgan fingerprint density at radius 3 is 2.38 bits per heavy atom. The summed E-state index contributed by atoms with van der Waals surface area (Å²) in [4.78, 5) is 40.0. The van der Waals surface area contributed by atoms with Gasteiger partial charge < -0.3 is 21.1 Å². The number of nitrogens with zero attached hydrogens (tertiary/aromatic N) is 1. The zero-order valence-corrected chi connectivity index (χ0v) is 20.6. The predicted octanol–water partition coefficient (Wildman–Crippen LogP) is 4.34. The van der Waals surface area contributed by atoms with Gasteiger partial charge in [0.15, 0.2) is 5.78 Å². The number of carbonyl (C=O) groups excluding carboxylic acids is 2. The fourth-order valence-electron chi connectivity index (χ4n) is 4.79. The minimum absolute atomic E-state index is 0.0485. The van der Waals surface area contributed by atoms with Gasteiger partial charge in [0.25, 0.3) is 5.91 Å². The van der Waals surface area contributed by atoms with Gasteiger partial charge in [0.2, 0.25) is 0 Å². The average Bonchev–Trinajstić information content (AvgIpc) is 2.98. The van der Waals surface area contributed by atoms with E-state index in [0.29, 0.717) is 47.3 Å². The van der Waals surface area contributed by atoms with Crippen LogP contribution in [0.5, 0.6) is 0 Å². The monoisotopic (exact) mass is 498 g/mol. The maximum Gasteiger partial charge on any atom is 0.305 e. The molecule has 4 rings (SSSR count). The van der Waals surface area contributed by atoms with Crippen LogP contribution < -0.4 is 16.0 Å². The average molecular weight is 499 g/mol. The Morgan fingerprint density at radius 1 is 1.05 bits per heavy atom. The van der Waals surface area contributed by atoms with Crippen molar-refractivity contribution in [3.8, 4) is 0 Å². The van der Waals surface area contributed by atoms with Gasteiger partial charge in [0.1, 0.15) is 5.84 Å². The first-order valence-electron chi connectivity index (χ1n) is 12.2. The van der Waals surface area contributed by atoms with Crippen LogP contribution in [0.1, 0.15) is 51.1 Å². The highest BCUT2D eigenvalue weighted by atomic mass is 16.4. The molecule has 190 valence electrons. The smallest absolute Gasteiger partial charge is 0.305 e. The molecule has 3 aromatic rings. The van der Waals surface area contributed by atoms with E-state index < -0.39 is 5.97 Å². The number of hydrogen-bond donors (Lipinski definition) is 4. The van der Waals surface area contributed by atoms with E-state index in [1.54, 1.807) is 42.5 Å². The van der Waals surface area contributed by atoms with E-state index in [4.69, 9.17) is 11.1 Å². The molecule has 2 unspecified atom stereocenters. The van der Waals surface area contributed by atoms with Crippen molar-refractivity contribution in [1.29, 1.82) is 5.41 Å². The SMILES string of the molecule is CN1c2ccc(NC(=O)c3ccc(C(=N)N)cc3)cc2C(=O)C(CCc2ccccc2)CC1CC(=O)O. The van der Waals surface area contributed by atoms with Crippen molar-refractivity contribution < 1.29 is 19.5 Å². The number of ketones is 1. The van der Waals surface area contributed by atoms with Crippen molar-refractivity contribution in [2.45, 2.75) is 31.7 Å². The molecule has 1 aliphatic heterocycles.